The quantitative estimate of drug-likeness (QED) is 0.740. The topological polar surface area (TPSA) is 82.8 Å². The fourth-order valence-corrected chi connectivity index (χ4v) is 1.57. The lowest BCUT2D eigenvalue weighted by molar-refractivity contribution is -0.141. The molecule has 0 saturated carbocycles. The van der Waals surface area contributed by atoms with Gasteiger partial charge in [-0.3, -0.25) is 4.79 Å². The molecule has 0 bridgehead atoms. The molecule has 6 nitrogen and oxygen atoms in total. The Morgan fingerprint density at radius 1 is 1.53 bits per heavy atom. The Morgan fingerprint density at radius 2 is 2.26 bits per heavy atom. The second-order valence-electron chi connectivity index (χ2n) is 4.55. The van der Waals surface area contributed by atoms with Crippen molar-refractivity contribution in [3.8, 4) is 0 Å². The van der Waals surface area contributed by atoms with Crippen LogP contribution in [0.4, 0.5) is 4.79 Å². The molecule has 0 aromatic carbocycles. The van der Waals surface area contributed by atoms with Crippen molar-refractivity contribution in [2.75, 3.05) is 13.6 Å². The molecule has 0 aliphatic heterocycles. The summed E-state index contributed by atoms with van der Waals surface area (Å²) in [5.74, 6) is -0.462. The second kappa shape index (κ2) is 7.45. The summed E-state index contributed by atoms with van der Waals surface area (Å²) < 4.78 is 5.15. The van der Waals surface area contributed by atoms with Crippen LogP contribution >= 0.6 is 0 Å². The number of carboxylic acid groups (broad SMARTS) is 1. The molecule has 1 atom stereocenters. The first-order valence-electron chi connectivity index (χ1n) is 6.25. The molecule has 0 aliphatic rings. The van der Waals surface area contributed by atoms with E-state index in [9.17, 15) is 9.59 Å². The lowest BCUT2D eigenvalue weighted by Crippen LogP contribution is -2.37. The summed E-state index contributed by atoms with van der Waals surface area (Å²) in [7, 11) is 1.68. The largest absolute Gasteiger partial charge is 0.481 e. The molecule has 0 spiro atoms. The number of urea groups is 1. The lowest BCUT2D eigenvalue weighted by Gasteiger charge is -2.16. The first kappa shape index (κ1) is 15.1. The van der Waals surface area contributed by atoms with Crippen molar-refractivity contribution >= 4 is 12.0 Å². The first-order valence-corrected chi connectivity index (χ1v) is 6.25. The highest BCUT2D eigenvalue weighted by molar-refractivity contribution is 5.73. The average Bonchev–Trinajstić information content (AvgIpc) is 2.86. The van der Waals surface area contributed by atoms with Crippen molar-refractivity contribution in [2.24, 2.45) is 5.92 Å². The molecule has 2 N–H and O–H groups in total. The van der Waals surface area contributed by atoms with Crippen molar-refractivity contribution in [2.45, 2.75) is 26.3 Å². The number of nitrogens with one attached hydrogen (secondary N) is 1. The Hall–Kier alpha value is -1.98. The number of carbonyl (C=O) groups excluding carboxylic acids is 1. The fraction of sp³-hybridized carbons (Fsp3) is 0.538. The van der Waals surface area contributed by atoms with Crippen LogP contribution in [0.3, 0.4) is 0 Å². The van der Waals surface area contributed by atoms with Crippen molar-refractivity contribution in [3.05, 3.63) is 24.2 Å². The molecule has 1 unspecified atom stereocenters. The monoisotopic (exact) mass is 268 g/mol. The number of amides is 2. The number of carbonyl (C=O) groups is 2. The van der Waals surface area contributed by atoms with Gasteiger partial charge in [0.2, 0.25) is 0 Å². The number of nitrogens with zero attached hydrogens (tertiary/aromatic N) is 1. The summed E-state index contributed by atoms with van der Waals surface area (Å²) in [4.78, 5) is 23.8. The van der Waals surface area contributed by atoms with Gasteiger partial charge in [0, 0.05) is 13.6 Å². The van der Waals surface area contributed by atoms with E-state index < -0.39 is 5.97 Å². The number of hydrogen-bond donors (Lipinski definition) is 2. The predicted molar refractivity (Wildman–Crippen MR) is 69.6 cm³/mol. The summed E-state index contributed by atoms with van der Waals surface area (Å²) >= 11 is 0. The van der Waals surface area contributed by atoms with E-state index in [0.717, 1.165) is 5.76 Å². The number of aliphatic carboxylic acids is 1. The van der Waals surface area contributed by atoms with E-state index in [1.54, 1.807) is 32.4 Å². The van der Waals surface area contributed by atoms with Gasteiger partial charge in [0.25, 0.3) is 0 Å². The molecule has 106 valence electrons. The molecule has 2 amide bonds. The predicted octanol–water partition coefficient (Wildman–Crippen LogP) is 1.92. The first-order chi connectivity index (χ1) is 9.00. The third-order valence-electron chi connectivity index (χ3n) is 2.83. The molecule has 1 aromatic heterocycles. The van der Waals surface area contributed by atoms with E-state index in [0.29, 0.717) is 25.9 Å². The molecule has 1 rings (SSSR count). The standard InChI is InChI=1S/C13H20N2O4/c1-10(12(16)17)5-3-7-14-13(18)15(2)9-11-6-4-8-19-11/h4,6,8,10H,3,5,7,9H2,1-2H3,(H,14,18)(H,16,17). The molecule has 6 heteroatoms. The van der Waals surface area contributed by atoms with Gasteiger partial charge in [0.15, 0.2) is 0 Å². The zero-order valence-electron chi connectivity index (χ0n) is 11.3. The van der Waals surface area contributed by atoms with Gasteiger partial charge in [-0.15, -0.1) is 0 Å². The minimum atomic E-state index is -0.804. The molecular weight excluding hydrogens is 248 g/mol. The smallest absolute Gasteiger partial charge is 0.317 e. The molecule has 0 saturated heterocycles. The van der Waals surface area contributed by atoms with Crippen LogP contribution in [-0.4, -0.2) is 35.6 Å². The van der Waals surface area contributed by atoms with Crippen LogP contribution in [0, 0.1) is 5.92 Å². The van der Waals surface area contributed by atoms with Crippen molar-refractivity contribution < 1.29 is 19.1 Å². The normalized spacial score (nSPS) is 11.9. The minimum absolute atomic E-state index is 0.195. The Morgan fingerprint density at radius 3 is 2.84 bits per heavy atom. The van der Waals surface area contributed by atoms with E-state index in [4.69, 9.17) is 9.52 Å². The third-order valence-corrected chi connectivity index (χ3v) is 2.83. The maximum absolute atomic E-state index is 11.7. The highest BCUT2D eigenvalue weighted by Gasteiger charge is 2.12. The van der Waals surface area contributed by atoms with Crippen LogP contribution in [0.1, 0.15) is 25.5 Å². The summed E-state index contributed by atoms with van der Waals surface area (Å²) in [6.07, 6.45) is 2.76. The van der Waals surface area contributed by atoms with Crippen molar-refractivity contribution in [1.29, 1.82) is 0 Å². The molecular formula is C13H20N2O4. The minimum Gasteiger partial charge on any atom is -0.481 e. The number of rotatable bonds is 7. The van der Waals surface area contributed by atoms with Gasteiger partial charge < -0.3 is 19.7 Å². The number of carboxylic acids is 1. The highest BCUT2D eigenvalue weighted by Crippen LogP contribution is 2.05. The van der Waals surface area contributed by atoms with E-state index in [1.807, 2.05) is 0 Å². The van der Waals surface area contributed by atoms with Gasteiger partial charge in [-0.05, 0) is 25.0 Å². The third kappa shape index (κ3) is 5.46. The second-order valence-corrected chi connectivity index (χ2v) is 4.55. The maximum atomic E-state index is 11.7. The number of furan rings is 1. The zero-order chi connectivity index (χ0) is 14.3. The van der Waals surface area contributed by atoms with Crippen LogP contribution in [0.2, 0.25) is 0 Å². The summed E-state index contributed by atoms with van der Waals surface area (Å²) in [6, 6.07) is 3.38. The Labute approximate surface area is 112 Å². The molecule has 1 aromatic rings. The Balaban J connectivity index is 2.18. The summed E-state index contributed by atoms with van der Waals surface area (Å²) in [6.45, 7) is 2.54. The summed E-state index contributed by atoms with van der Waals surface area (Å²) in [5, 5.41) is 11.5. The Kier molecular flexibility index (Phi) is 5.92. The van der Waals surface area contributed by atoms with E-state index in [2.05, 4.69) is 5.32 Å². The van der Waals surface area contributed by atoms with E-state index >= 15 is 0 Å². The van der Waals surface area contributed by atoms with Gasteiger partial charge in [0.1, 0.15) is 5.76 Å². The lowest BCUT2D eigenvalue weighted by atomic mass is 10.1. The van der Waals surface area contributed by atoms with Crippen LogP contribution in [0.5, 0.6) is 0 Å². The van der Waals surface area contributed by atoms with E-state index in [1.165, 1.54) is 4.90 Å². The maximum Gasteiger partial charge on any atom is 0.317 e. The van der Waals surface area contributed by atoms with E-state index in [-0.39, 0.29) is 11.9 Å². The van der Waals surface area contributed by atoms with Crippen LogP contribution < -0.4 is 5.32 Å². The zero-order valence-corrected chi connectivity index (χ0v) is 11.3. The van der Waals surface area contributed by atoms with Crippen LogP contribution in [0.25, 0.3) is 0 Å². The number of hydrogen-bond acceptors (Lipinski definition) is 3. The highest BCUT2D eigenvalue weighted by atomic mass is 16.4. The average molecular weight is 268 g/mol. The van der Waals surface area contributed by atoms with Crippen LogP contribution in [0.15, 0.2) is 22.8 Å². The van der Waals surface area contributed by atoms with Gasteiger partial charge >= 0.3 is 12.0 Å². The SMILES string of the molecule is CC(CCCNC(=O)N(C)Cc1ccco1)C(=O)O. The molecule has 1 heterocycles. The van der Waals surface area contributed by atoms with Gasteiger partial charge in [-0.2, -0.15) is 0 Å². The molecule has 19 heavy (non-hydrogen) atoms. The van der Waals surface area contributed by atoms with Gasteiger partial charge in [0.05, 0.1) is 18.7 Å². The van der Waals surface area contributed by atoms with Crippen molar-refractivity contribution in [1.82, 2.24) is 10.2 Å². The van der Waals surface area contributed by atoms with Crippen LogP contribution in [-0.2, 0) is 11.3 Å². The van der Waals surface area contributed by atoms with Crippen molar-refractivity contribution in [3.63, 3.8) is 0 Å². The Bertz CT molecular complexity index is 403. The molecule has 0 fully saturated rings. The van der Waals surface area contributed by atoms with Gasteiger partial charge in [-0.25, -0.2) is 4.79 Å². The molecule has 0 aliphatic carbocycles. The molecule has 0 radical (unpaired) electrons. The summed E-state index contributed by atoms with van der Waals surface area (Å²) in [5.41, 5.74) is 0. The fourth-order valence-electron chi connectivity index (χ4n) is 1.57. The van der Waals surface area contributed by atoms with Gasteiger partial charge in [-0.1, -0.05) is 6.92 Å².